The van der Waals surface area contributed by atoms with Crippen molar-refractivity contribution in [2.24, 2.45) is 0 Å². The van der Waals surface area contributed by atoms with Gasteiger partial charge in [-0.1, -0.05) is 0 Å². The van der Waals surface area contributed by atoms with Crippen molar-refractivity contribution in [2.75, 3.05) is 6.61 Å². The molecule has 3 heteroatoms. The van der Waals surface area contributed by atoms with E-state index in [4.69, 9.17) is 4.74 Å². The van der Waals surface area contributed by atoms with E-state index in [2.05, 4.69) is 28.9 Å². The molecule has 1 aliphatic rings. The summed E-state index contributed by atoms with van der Waals surface area (Å²) in [5.74, 6) is 0. The summed E-state index contributed by atoms with van der Waals surface area (Å²) >= 11 is 5.35. The molecule has 0 spiro atoms. The molecule has 1 aromatic rings. The van der Waals surface area contributed by atoms with Gasteiger partial charge in [0.05, 0.1) is 12.7 Å². The highest BCUT2D eigenvalue weighted by atomic mass is 79.9. The Morgan fingerprint density at radius 2 is 2.55 bits per heavy atom. The zero-order chi connectivity index (χ0) is 7.84. The molecule has 1 nitrogen and oxygen atoms in total. The number of epoxide rings is 1. The van der Waals surface area contributed by atoms with Crippen LogP contribution in [0.25, 0.3) is 0 Å². The monoisotopic (exact) mass is 232 g/mol. The van der Waals surface area contributed by atoms with Crippen LogP contribution in [0.1, 0.15) is 9.75 Å². The molecule has 11 heavy (non-hydrogen) atoms. The molecule has 0 amide bonds. The first kappa shape index (κ1) is 7.77. The van der Waals surface area contributed by atoms with Crippen LogP contribution in [0.2, 0.25) is 0 Å². The highest BCUT2D eigenvalue weighted by Crippen LogP contribution is 2.29. The van der Waals surface area contributed by atoms with Crippen molar-refractivity contribution in [1.82, 2.24) is 0 Å². The SMILES string of the molecule is Cc1sc(CC2CO2)cc1Br. The van der Waals surface area contributed by atoms with Gasteiger partial charge in [0.25, 0.3) is 0 Å². The largest absolute Gasteiger partial charge is 0.373 e. The Labute approximate surface area is 78.5 Å². The van der Waals surface area contributed by atoms with Crippen molar-refractivity contribution in [1.29, 1.82) is 0 Å². The van der Waals surface area contributed by atoms with Crippen LogP contribution in [-0.2, 0) is 11.2 Å². The van der Waals surface area contributed by atoms with Gasteiger partial charge in [-0.2, -0.15) is 0 Å². The van der Waals surface area contributed by atoms with Gasteiger partial charge in [-0.15, -0.1) is 11.3 Å². The number of aryl methyl sites for hydroxylation is 1. The molecular weight excluding hydrogens is 224 g/mol. The van der Waals surface area contributed by atoms with Gasteiger partial charge in [-0.3, -0.25) is 0 Å². The number of hydrogen-bond acceptors (Lipinski definition) is 2. The van der Waals surface area contributed by atoms with Crippen molar-refractivity contribution in [3.8, 4) is 0 Å². The molecule has 0 aromatic carbocycles. The predicted molar refractivity (Wildman–Crippen MR) is 50.2 cm³/mol. The van der Waals surface area contributed by atoms with Crippen LogP contribution < -0.4 is 0 Å². The highest BCUT2D eigenvalue weighted by molar-refractivity contribution is 9.10. The van der Waals surface area contributed by atoms with Crippen LogP contribution in [0.3, 0.4) is 0 Å². The standard InChI is InChI=1S/C8H9BrOS/c1-5-8(9)3-7(11-5)2-6-4-10-6/h3,6H,2,4H2,1H3. The second-order valence-electron chi connectivity index (χ2n) is 2.78. The van der Waals surface area contributed by atoms with Crippen molar-refractivity contribution in [2.45, 2.75) is 19.4 Å². The molecule has 1 atom stereocenters. The predicted octanol–water partition coefficient (Wildman–Crippen LogP) is 2.76. The average molecular weight is 233 g/mol. The maximum Gasteiger partial charge on any atom is 0.0858 e. The van der Waals surface area contributed by atoms with E-state index in [1.165, 1.54) is 14.2 Å². The lowest BCUT2D eigenvalue weighted by molar-refractivity contribution is 0.408. The fourth-order valence-corrected chi connectivity index (χ4v) is 2.70. The number of thiophene rings is 1. The minimum atomic E-state index is 0.514. The van der Waals surface area contributed by atoms with E-state index in [-0.39, 0.29) is 0 Å². The van der Waals surface area contributed by atoms with Crippen molar-refractivity contribution < 1.29 is 4.74 Å². The lowest BCUT2D eigenvalue weighted by Gasteiger charge is -1.86. The second-order valence-corrected chi connectivity index (χ2v) is 4.97. The Bertz CT molecular complexity index is 246. The van der Waals surface area contributed by atoms with E-state index in [1.807, 2.05) is 11.3 Å². The zero-order valence-electron chi connectivity index (χ0n) is 6.26. The van der Waals surface area contributed by atoms with E-state index < -0.39 is 0 Å². The lowest BCUT2D eigenvalue weighted by Crippen LogP contribution is -1.87. The van der Waals surface area contributed by atoms with Crippen molar-refractivity contribution in [3.05, 3.63) is 20.3 Å². The van der Waals surface area contributed by atoms with Gasteiger partial charge < -0.3 is 4.74 Å². The Morgan fingerprint density at radius 1 is 1.82 bits per heavy atom. The molecule has 1 unspecified atom stereocenters. The van der Waals surface area contributed by atoms with E-state index in [9.17, 15) is 0 Å². The van der Waals surface area contributed by atoms with Crippen LogP contribution in [0.4, 0.5) is 0 Å². The summed E-state index contributed by atoms with van der Waals surface area (Å²) < 4.78 is 6.39. The number of rotatable bonds is 2. The van der Waals surface area contributed by atoms with Crippen molar-refractivity contribution in [3.63, 3.8) is 0 Å². The van der Waals surface area contributed by atoms with Gasteiger partial charge in [0.1, 0.15) is 0 Å². The fourth-order valence-electron chi connectivity index (χ4n) is 1.03. The van der Waals surface area contributed by atoms with Crippen LogP contribution in [-0.4, -0.2) is 12.7 Å². The van der Waals surface area contributed by atoms with Gasteiger partial charge >= 0.3 is 0 Å². The molecule has 1 fully saturated rings. The Morgan fingerprint density at radius 3 is 3.00 bits per heavy atom. The Kier molecular flexibility index (Phi) is 2.04. The number of ether oxygens (including phenoxy) is 1. The van der Waals surface area contributed by atoms with Crippen LogP contribution in [0.15, 0.2) is 10.5 Å². The molecule has 1 aliphatic heterocycles. The molecule has 2 heterocycles. The van der Waals surface area contributed by atoms with E-state index in [1.54, 1.807) is 0 Å². The molecule has 0 aliphatic carbocycles. The molecule has 1 aromatic heterocycles. The van der Waals surface area contributed by atoms with Crippen molar-refractivity contribution >= 4 is 27.3 Å². The molecular formula is C8H9BrOS. The highest BCUT2D eigenvalue weighted by Gasteiger charge is 2.23. The quantitative estimate of drug-likeness (QED) is 0.715. The molecule has 0 N–H and O–H groups in total. The lowest BCUT2D eigenvalue weighted by atomic mass is 10.3. The summed E-state index contributed by atoms with van der Waals surface area (Å²) in [6.45, 7) is 3.08. The normalized spacial score (nSPS) is 22.2. The topological polar surface area (TPSA) is 12.5 Å². The molecule has 2 rings (SSSR count). The van der Waals surface area contributed by atoms with Gasteiger partial charge in [-0.25, -0.2) is 0 Å². The molecule has 1 saturated heterocycles. The summed E-state index contributed by atoms with van der Waals surface area (Å²) in [6.07, 6.45) is 1.61. The average Bonchev–Trinajstić information content (AvgIpc) is 2.65. The number of halogens is 1. The van der Waals surface area contributed by atoms with E-state index in [0.29, 0.717) is 6.10 Å². The summed E-state index contributed by atoms with van der Waals surface area (Å²) in [6, 6.07) is 2.20. The first-order chi connectivity index (χ1) is 5.25. The second kappa shape index (κ2) is 2.88. The third-order valence-corrected chi connectivity index (χ3v) is 3.90. The van der Waals surface area contributed by atoms with E-state index >= 15 is 0 Å². The minimum Gasteiger partial charge on any atom is -0.373 e. The van der Waals surface area contributed by atoms with Gasteiger partial charge in [-0.05, 0) is 28.9 Å². The third-order valence-electron chi connectivity index (χ3n) is 1.74. The van der Waals surface area contributed by atoms with Gasteiger partial charge in [0.15, 0.2) is 0 Å². The minimum absolute atomic E-state index is 0.514. The smallest absolute Gasteiger partial charge is 0.0858 e. The molecule has 0 radical (unpaired) electrons. The third kappa shape index (κ3) is 1.83. The summed E-state index contributed by atoms with van der Waals surface area (Å²) in [5.41, 5.74) is 0. The zero-order valence-corrected chi connectivity index (χ0v) is 8.67. The fraction of sp³-hybridized carbons (Fsp3) is 0.500. The molecule has 0 bridgehead atoms. The maximum atomic E-state index is 5.15. The Balaban J connectivity index is 2.11. The summed E-state index contributed by atoms with van der Waals surface area (Å²) in [4.78, 5) is 2.79. The van der Waals surface area contributed by atoms with Crippen LogP contribution >= 0.6 is 27.3 Å². The summed E-state index contributed by atoms with van der Waals surface area (Å²) in [5, 5.41) is 0. The molecule has 60 valence electrons. The maximum absolute atomic E-state index is 5.15. The molecule has 0 saturated carbocycles. The first-order valence-corrected chi connectivity index (χ1v) is 5.23. The Hall–Kier alpha value is 0.140. The van der Waals surface area contributed by atoms with Gasteiger partial charge in [0.2, 0.25) is 0 Å². The van der Waals surface area contributed by atoms with E-state index in [0.717, 1.165) is 13.0 Å². The van der Waals surface area contributed by atoms with Crippen LogP contribution in [0, 0.1) is 6.92 Å². The van der Waals surface area contributed by atoms with Gasteiger partial charge in [0, 0.05) is 20.6 Å². The summed E-state index contributed by atoms with van der Waals surface area (Å²) in [7, 11) is 0. The first-order valence-electron chi connectivity index (χ1n) is 3.62. The number of hydrogen-bond donors (Lipinski definition) is 0. The van der Waals surface area contributed by atoms with Crippen LogP contribution in [0.5, 0.6) is 0 Å².